The SMILES string of the molecule is SN1CN2C=CC=NC2=N1. The molecule has 4 nitrogen and oxygen atoms in total. The molecule has 0 aliphatic carbocycles. The van der Waals surface area contributed by atoms with Gasteiger partial charge in [-0.05, 0) is 18.9 Å². The number of thiol groups is 1. The normalized spacial score (nSPS) is 21.5. The van der Waals surface area contributed by atoms with Gasteiger partial charge in [0.2, 0.25) is 5.96 Å². The van der Waals surface area contributed by atoms with Crippen LogP contribution in [0.1, 0.15) is 0 Å². The molecule has 0 amide bonds. The van der Waals surface area contributed by atoms with Crippen molar-refractivity contribution in [3.63, 3.8) is 0 Å². The quantitative estimate of drug-likeness (QED) is 0.508. The number of fused-ring (bicyclic) bond motifs is 1. The summed E-state index contributed by atoms with van der Waals surface area (Å²) >= 11 is 4.04. The van der Waals surface area contributed by atoms with Gasteiger partial charge in [-0.1, -0.05) is 0 Å². The highest BCUT2D eigenvalue weighted by Crippen LogP contribution is 2.12. The van der Waals surface area contributed by atoms with E-state index in [1.54, 1.807) is 10.6 Å². The number of hydrogen-bond donors (Lipinski definition) is 1. The van der Waals surface area contributed by atoms with Crippen LogP contribution in [0.2, 0.25) is 0 Å². The number of hydrazone groups is 1. The smallest absolute Gasteiger partial charge is 0.249 e. The van der Waals surface area contributed by atoms with Crippen LogP contribution in [-0.2, 0) is 0 Å². The van der Waals surface area contributed by atoms with Crippen molar-refractivity contribution in [2.75, 3.05) is 6.67 Å². The van der Waals surface area contributed by atoms with E-state index in [-0.39, 0.29) is 0 Å². The molecule has 0 aromatic rings. The second-order valence-electron chi connectivity index (χ2n) is 2.00. The lowest BCUT2D eigenvalue weighted by Crippen LogP contribution is -2.23. The fourth-order valence-corrected chi connectivity index (χ4v) is 1.07. The van der Waals surface area contributed by atoms with Crippen LogP contribution in [0.5, 0.6) is 0 Å². The van der Waals surface area contributed by atoms with Gasteiger partial charge >= 0.3 is 0 Å². The zero-order valence-corrected chi connectivity index (χ0v) is 6.07. The molecule has 2 heterocycles. The average molecular weight is 154 g/mol. The predicted octanol–water partition coefficient (Wildman–Crippen LogP) is 0.275. The molecule has 0 fully saturated rings. The van der Waals surface area contributed by atoms with E-state index in [1.807, 2.05) is 17.2 Å². The molecule has 0 spiro atoms. The molecule has 0 N–H and O–H groups in total. The fourth-order valence-electron chi connectivity index (χ4n) is 0.858. The van der Waals surface area contributed by atoms with Gasteiger partial charge in [-0.3, -0.25) is 4.90 Å². The van der Waals surface area contributed by atoms with Crippen molar-refractivity contribution in [2.45, 2.75) is 0 Å². The molecule has 0 bridgehead atoms. The largest absolute Gasteiger partial charge is 0.295 e. The van der Waals surface area contributed by atoms with Gasteiger partial charge in [0.05, 0.1) is 0 Å². The van der Waals surface area contributed by atoms with Crippen LogP contribution in [0.15, 0.2) is 22.4 Å². The van der Waals surface area contributed by atoms with Gasteiger partial charge in [0.15, 0.2) is 0 Å². The van der Waals surface area contributed by atoms with Crippen molar-refractivity contribution < 1.29 is 0 Å². The third-order valence-electron chi connectivity index (χ3n) is 1.28. The zero-order chi connectivity index (χ0) is 6.97. The standard InChI is InChI=1S/C5H6N4S/c10-9-4-8-3-1-2-6-5(8)7-9/h1-3,10H,4H2. The molecule has 10 heavy (non-hydrogen) atoms. The van der Waals surface area contributed by atoms with Crippen molar-refractivity contribution in [3.05, 3.63) is 12.3 Å². The van der Waals surface area contributed by atoms with Gasteiger partial charge < -0.3 is 0 Å². The van der Waals surface area contributed by atoms with Gasteiger partial charge in [-0.15, -0.1) is 5.10 Å². The Hall–Kier alpha value is -0.970. The Morgan fingerprint density at radius 2 is 2.50 bits per heavy atom. The van der Waals surface area contributed by atoms with Crippen LogP contribution in [-0.4, -0.2) is 28.2 Å². The lowest BCUT2D eigenvalue weighted by molar-refractivity contribution is 0.430. The van der Waals surface area contributed by atoms with E-state index < -0.39 is 0 Å². The van der Waals surface area contributed by atoms with E-state index in [9.17, 15) is 0 Å². The maximum Gasteiger partial charge on any atom is 0.249 e. The minimum Gasteiger partial charge on any atom is -0.295 e. The molecule has 0 aromatic heterocycles. The first-order chi connectivity index (χ1) is 4.86. The second-order valence-corrected chi connectivity index (χ2v) is 2.46. The van der Waals surface area contributed by atoms with Crippen molar-refractivity contribution in [3.8, 4) is 0 Å². The van der Waals surface area contributed by atoms with E-state index in [2.05, 4.69) is 22.9 Å². The molecular weight excluding hydrogens is 148 g/mol. The summed E-state index contributed by atoms with van der Waals surface area (Å²) in [7, 11) is 0. The van der Waals surface area contributed by atoms with Crippen LogP contribution in [0.3, 0.4) is 0 Å². The first-order valence-corrected chi connectivity index (χ1v) is 3.29. The number of nitrogens with zero attached hydrogens (tertiary/aromatic N) is 4. The predicted molar refractivity (Wildman–Crippen MR) is 42.6 cm³/mol. The number of aliphatic imine (C=N–C) groups is 1. The molecule has 2 rings (SSSR count). The van der Waals surface area contributed by atoms with E-state index in [1.165, 1.54) is 0 Å². The van der Waals surface area contributed by atoms with Crippen molar-refractivity contribution in [1.29, 1.82) is 0 Å². The summed E-state index contributed by atoms with van der Waals surface area (Å²) in [6, 6.07) is 0. The summed E-state index contributed by atoms with van der Waals surface area (Å²) in [6.45, 7) is 0.673. The van der Waals surface area contributed by atoms with E-state index in [4.69, 9.17) is 0 Å². The summed E-state index contributed by atoms with van der Waals surface area (Å²) in [5.41, 5.74) is 0. The topological polar surface area (TPSA) is 31.2 Å². The molecule has 52 valence electrons. The van der Waals surface area contributed by atoms with Crippen LogP contribution in [0, 0.1) is 0 Å². The number of allylic oxidation sites excluding steroid dienone is 1. The van der Waals surface area contributed by atoms with E-state index in [0.29, 0.717) is 12.6 Å². The number of guanidine groups is 1. The average Bonchev–Trinajstić information content (AvgIpc) is 2.27. The molecule has 0 radical (unpaired) electrons. The van der Waals surface area contributed by atoms with Gasteiger partial charge in [0.25, 0.3) is 0 Å². The van der Waals surface area contributed by atoms with Gasteiger partial charge in [0.1, 0.15) is 6.67 Å². The highest BCUT2D eigenvalue weighted by atomic mass is 32.1. The Morgan fingerprint density at radius 1 is 1.60 bits per heavy atom. The lowest BCUT2D eigenvalue weighted by atomic mass is 10.5. The summed E-state index contributed by atoms with van der Waals surface area (Å²) in [5, 5.41) is 4.00. The minimum absolute atomic E-state index is 0.673. The van der Waals surface area contributed by atoms with Crippen LogP contribution in [0.25, 0.3) is 0 Å². The van der Waals surface area contributed by atoms with E-state index >= 15 is 0 Å². The minimum atomic E-state index is 0.673. The van der Waals surface area contributed by atoms with Crippen LogP contribution >= 0.6 is 12.8 Å². The molecule has 5 heteroatoms. The Bertz CT molecular complexity index is 232. The first-order valence-electron chi connectivity index (χ1n) is 2.89. The summed E-state index contributed by atoms with van der Waals surface area (Å²) < 4.78 is 1.54. The second kappa shape index (κ2) is 2.02. The third-order valence-corrected chi connectivity index (χ3v) is 1.50. The molecule has 0 unspecified atom stereocenters. The summed E-state index contributed by atoms with van der Waals surface area (Å²) in [6.07, 6.45) is 5.50. The number of rotatable bonds is 0. The van der Waals surface area contributed by atoms with Crippen molar-refractivity contribution >= 4 is 25.0 Å². The highest BCUT2D eigenvalue weighted by Gasteiger charge is 2.18. The maximum absolute atomic E-state index is 4.04. The summed E-state index contributed by atoms with van der Waals surface area (Å²) in [4.78, 5) is 5.93. The monoisotopic (exact) mass is 154 g/mol. The Balaban J connectivity index is 2.29. The van der Waals surface area contributed by atoms with Gasteiger partial charge in [-0.25, -0.2) is 9.41 Å². The van der Waals surface area contributed by atoms with Gasteiger partial charge in [-0.2, -0.15) is 0 Å². The Labute approximate surface area is 64.1 Å². The zero-order valence-electron chi connectivity index (χ0n) is 5.18. The Kier molecular flexibility index (Phi) is 1.17. The molecule has 0 atom stereocenters. The maximum atomic E-state index is 4.04. The van der Waals surface area contributed by atoms with Crippen LogP contribution < -0.4 is 0 Å². The van der Waals surface area contributed by atoms with Crippen molar-refractivity contribution in [2.24, 2.45) is 10.1 Å². The van der Waals surface area contributed by atoms with Gasteiger partial charge in [0, 0.05) is 12.4 Å². The molecule has 2 aliphatic heterocycles. The third kappa shape index (κ3) is 0.786. The molecular formula is C5H6N4S. The first kappa shape index (κ1) is 5.79. The molecule has 0 saturated heterocycles. The summed E-state index contributed by atoms with van der Waals surface area (Å²) in [5.74, 6) is 0.706. The molecule has 0 saturated carbocycles. The lowest BCUT2D eigenvalue weighted by Gasteiger charge is -2.12. The highest BCUT2D eigenvalue weighted by molar-refractivity contribution is 7.77. The molecule has 2 aliphatic rings. The fraction of sp³-hybridized carbons (Fsp3) is 0.200. The Morgan fingerprint density at radius 3 is 3.30 bits per heavy atom. The number of hydrogen-bond acceptors (Lipinski definition) is 5. The van der Waals surface area contributed by atoms with E-state index in [0.717, 1.165) is 0 Å². The van der Waals surface area contributed by atoms with Crippen LogP contribution in [0.4, 0.5) is 0 Å². The van der Waals surface area contributed by atoms with Crippen molar-refractivity contribution in [1.82, 2.24) is 9.31 Å². The molecule has 0 aromatic carbocycles.